The van der Waals surface area contributed by atoms with E-state index >= 15 is 0 Å². The highest BCUT2D eigenvalue weighted by Gasteiger charge is 2.33. The highest BCUT2D eigenvalue weighted by Crippen LogP contribution is 2.31. The number of nitrogens with zero attached hydrogens (tertiary/aromatic N) is 1. The van der Waals surface area contributed by atoms with E-state index in [2.05, 4.69) is 36.6 Å². The summed E-state index contributed by atoms with van der Waals surface area (Å²) in [5.41, 5.74) is 1.40. The zero-order valence-corrected chi connectivity index (χ0v) is 13.4. The van der Waals surface area contributed by atoms with Gasteiger partial charge in [0.2, 0.25) is 0 Å². The van der Waals surface area contributed by atoms with Crippen molar-refractivity contribution in [3.05, 3.63) is 29.8 Å². The van der Waals surface area contributed by atoms with Crippen LogP contribution in [0.3, 0.4) is 0 Å². The summed E-state index contributed by atoms with van der Waals surface area (Å²) in [6.07, 6.45) is 0.946. The molecule has 5 heteroatoms. The van der Waals surface area contributed by atoms with Crippen LogP contribution in [0.15, 0.2) is 29.3 Å². The van der Waals surface area contributed by atoms with Gasteiger partial charge in [-0.3, -0.25) is 4.99 Å². The van der Waals surface area contributed by atoms with Gasteiger partial charge in [0.15, 0.2) is 5.96 Å². The second-order valence-electron chi connectivity index (χ2n) is 6.37. The first-order valence-electron chi connectivity index (χ1n) is 8.04. The Morgan fingerprint density at radius 3 is 2.91 bits per heavy atom. The van der Waals surface area contributed by atoms with Crippen molar-refractivity contribution in [3.8, 4) is 5.75 Å². The SMILES string of the molecule is CCNC(=NCC1(C)COC1)NC1CCOc2ccccc21. The maximum absolute atomic E-state index is 5.72. The summed E-state index contributed by atoms with van der Waals surface area (Å²) < 4.78 is 11.0. The Bertz CT molecular complexity index is 540. The van der Waals surface area contributed by atoms with Gasteiger partial charge in [0, 0.05) is 23.9 Å². The average molecular weight is 303 g/mol. The minimum Gasteiger partial charge on any atom is -0.493 e. The first-order valence-corrected chi connectivity index (χ1v) is 8.04. The molecule has 0 bridgehead atoms. The lowest BCUT2D eigenvalue weighted by molar-refractivity contribution is -0.0945. The van der Waals surface area contributed by atoms with Crippen molar-refractivity contribution >= 4 is 5.96 Å². The number of ether oxygens (including phenoxy) is 2. The van der Waals surface area contributed by atoms with E-state index in [-0.39, 0.29) is 11.5 Å². The second-order valence-corrected chi connectivity index (χ2v) is 6.37. The molecule has 0 aliphatic carbocycles. The van der Waals surface area contributed by atoms with E-state index in [9.17, 15) is 0 Å². The normalized spacial score (nSPS) is 23.0. The molecule has 0 amide bonds. The van der Waals surface area contributed by atoms with Crippen LogP contribution in [0, 0.1) is 5.41 Å². The van der Waals surface area contributed by atoms with E-state index in [1.165, 1.54) is 5.56 Å². The van der Waals surface area contributed by atoms with Crippen LogP contribution in [-0.2, 0) is 4.74 Å². The number of guanidine groups is 1. The predicted octanol–water partition coefficient (Wildman–Crippen LogP) is 2.10. The third-order valence-corrected chi connectivity index (χ3v) is 4.13. The van der Waals surface area contributed by atoms with Gasteiger partial charge in [-0.05, 0) is 13.0 Å². The number of fused-ring (bicyclic) bond motifs is 1. The highest BCUT2D eigenvalue weighted by atomic mass is 16.5. The largest absolute Gasteiger partial charge is 0.493 e. The molecule has 120 valence electrons. The summed E-state index contributed by atoms with van der Waals surface area (Å²) in [6.45, 7) is 8.28. The van der Waals surface area contributed by atoms with Crippen molar-refractivity contribution in [2.75, 3.05) is 32.9 Å². The molecule has 0 radical (unpaired) electrons. The fourth-order valence-corrected chi connectivity index (χ4v) is 2.79. The zero-order valence-electron chi connectivity index (χ0n) is 13.4. The number of rotatable bonds is 4. The van der Waals surface area contributed by atoms with Crippen LogP contribution in [0.1, 0.15) is 31.9 Å². The Kier molecular flexibility index (Phi) is 4.52. The predicted molar refractivity (Wildman–Crippen MR) is 87.3 cm³/mol. The Morgan fingerprint density at radius 1 is 1.36 bits per heavy atom. The summed E-state index contributed by atoms with van der Waals surface area (Å²) in [6, 6.07) is 8.46. The van der Waals surface area contributed by atoms with E-state index in [0.29, 0.717) is 0 Å². The van der Waals surface area contributed by atoms with Crippen LogP contribution in [-0.4, -0.2) is 38.9 Å². The molecule has 2 heterocycles. The topological polar surface area (TPSA) is 54.9 Å². The molecular formula is C17H25N3O2. The lowest BCUT2D eigenvalue weighted by Gasteiger charge is -2.37. The minimum atomic E-state index is 0.190. The smallest absolute Gasteiger partial charge is 0.191 e. The monoisotopic (exact) mass is 303 g/mol. The van der Waals surface area contributed by atoms with Crippen molar-refractivity contribution in [3.63, 3.8) is 0 Å². The summed E-state index contributed by atoms with van der Waals surface area (Å²) in [4.78, 5) is 4.75. The molecule has 0 saturated carbocycles. The van der Waals surface area contributed by atoms with Gasteiger partial charge in [0.25, 0.3) is 0 Å². The van der Waals surface area contributed by atoms with Gasteiger partial charge in [0.05, 0.1) is 32.4 Å². The van der Waals surface area contributed by atoms with Gasteiger partial charge < -0.3 is 20.1 Å². The third kappa shape index (κ3) is 3.35. The molecule has 1 saturated heterocycles. The fraction of sp³-hybridized carbons (Fsp3) is 0.588. The number of benzene rings is 1. The number of hydrogen-bond acceptors (Lipinski definition) is 3. The summed E-state index contributed by atoms with van der Waals surface area (Å²) >= 11 is 0. The molecule has 0 spiro atoms. The average Bonchev–Trinajstić information content (AvgIpc) is 2.51. The first-order chi connectivity index (χ1) is 10.7. The zero-order chi connectivity index (χ0) is 15.4. The molecule has 1 atom stereocenters. The van der Waals surface area contributed by atoms with E-state index < -0.39 is 0 Å². The molecule has 2 N–H and O–H groups in total. The van der Waals surface area contributed by atoms with Crippen LogP contribution in [0.5, 0.6) is 5.75 Å². The van der Waals surface area contributed by atoms with E-state index in [0.717, 1.165) is 51.0 Å². The summed E-state index contributed by atoms with van der Waals surface area (Å²) in [7, 11) is 0. The Labute approximate surface area is 132 Å². The van der Waals surface area contributed by atoms with Gasteiger partial charge in [-0.2, -0.15) is 0 Å². The third-order valence-electron chi connectivity index (χ3n) is 4.13. The van der Waals surface area contributed by atoms with Gasteiger partial charge in [0.1, 0.15) is 5.75 Å². The number of aliphatic imine (C=N–C) groups is 1. The minimum absolute atomic E-state index is 0.190. The second kappa shape index (κ2) is 6.57. The van der Waals surface area contributed by atoms with E-state index in [1.807, 2.05) is 12.1 Å². The Balaban J connectivity index is 1.70. The van der Waals surface area contributed by atoms with Crippen LogP contribution >= 0.6 is 0 Å². The maximum atomic E-state index is 5.72. The summed E-state index contributed by atoms with van der Waals surface area (Å²) in [5.74, 6) is 1.85. The van der Waals surface area contributed by atoms with Gasteiger partial charge in [-0.25, -0.2) is 0 Å². The molecule has 1 aromatic rings. The molecular weight excluding hydrogens is 278 g/mol. The fourth-order valence-electron chi connectivity index (χ4n) is 2.79. The molecule has 1 unspecified atom stereocenters. The molecule has 5 nitrogen and oxygen atoms in total. The number of para-hydroxylation sites is 1. The van der Waals surface area contributed by atoms with Gasteiger partial charge in [-0.15, -0.1) is 0 Å². The van der Waals surface area contributed by atoms with E-state index in [1.54, 1.807) is 0 Å². The van der Waals surface area contributed by atoms with Crippen LogP contribution in [0.2, 0.25) is 0 Å². The molecule has 2 aliphatic rings. The van der Waals surface area contributed by atoms with E-state index in [4.69, 9.17) is 14.5 Å². The molecule has 0 aromatic heterocycles. The summed E-state index contributed by atoms with van der Waals surface area (Å²) in [5, 5.41) is 6.89. The van der Waals surface area contributed by atoms with Gasteiger partial charge >= 0.3 is 0 Å². The van der Waals surface area contributed by atoms with Crippen molar-refractivity contribution in [2.45, 2.75) is 26.3 Å². The van der Waals surface area contributed by atoms with Crippen molar-refractivity contribution in [1.29, 1.82) is 0 Å². The molecule has 3 rings (SSSR count). The van der Waals surface area contributed by atoms with Gasteiger partial charge in [-0.1, -0.05) is 25.1 Å². The lowest BCUT2D eigenvalue weighted by atomic mass is 9.89. The number of nitrogens with one attached hydrogen (secondary N) is 2. The van der Waals surface area contributed by atoms with Crippen molar-refractivity contribution in [1.82, 2.24) is 10.6 Å². The van der Waals surface area contributed by atoms with Crippen molar-refractivity contribution < 1.29 is 9.47 Å². The molecule has 1 aromatic carbocycles. The molecule has 2 aliphatic heterocycles. The molecule has 22 heavy (non-hydrogen) atoms. The first kappa shape index (κ1) is 15.2. The number of hydrogen-bond donors (Lipinski definition) is 2. The van der Waals surface area contributed by atoms with Crippen LogP contribution in [0.4, 0.5) is 0 Å². The highest BCUT2D eigenvalue weighted by molar-refractivity contribution is 5.80. The molecule has 1 fully saturated rings. The lowest BCUT2D eigenvalue weighted by Crippen LogP contribution is -2.45. The van der Waals surface area contributed by atoms with Crippen molar-refractivity contribution in [2.24, 2.45) is 10.4 Å². The van der Waals surface area contributed by atoms with Crippen LogP contribution < -0.4 is 15.4 Å². The Hall–Kier alpha value is -1.75. The van der Waals surface area contributed by atoms with Crippen LogP contribution in [0.25, 0.3) is 0 Å². The maximum Gasteiger partial charge on any atom is 0.191 e. The Morgan fingerprint density at radius 2 is 2.18 bits per heavy atom. The quantitative estimate of drug-likeness (QED) is 0.661. The standard InChI is InChI=1S/C17H25N3O2/c1-3-18-16(19-10-17(2)11-21-12-17)20-14-8-9-22-15-7-5-4-6-13(14)15/h4-7,14H,3,8-12H2,1-2H3,(H2,18,19,20).